The molecule has 16 heteroatoms. The molecule has 51 heavy (non-hydrogen) atoms. The lowest BCUT2D eigenvalue weighted by atomic mass is 9.77. The third kappa shape index (κ3) is 8.26. The van der Waals surface area contributed by atoms with Crippen molar-refractivity contribution in [3.05, 3.63) is 47.9 Å². The number of aromatic nitrogens is 3. The molecule has 1 saturated carbocycles. The second-order valence-corrected chi connectivity index (χ2v) is 21.1. The number of fused-ring (bicyclic) bond motifs is 1. The normalized spacial score (nSPS) is 23.6. The summed E-state index contributed by atoms with van der Waals surface area (Å²) in [5, 5.41) is -0.0214. The highest BCUT2D eigenvalue weighted by Crippen LogP contribution is 2.51. The Morgan fingerprint density at radius 1 is 1.04 bits per heavy atom. The lowest BCUT2D eigenvalue weighted by Gasteiger charge is -2.52. The summed E-state index contributed by atoms with van der Waals surface area (Å²) >= 11 is 0. The van der Waals surface area contributed by atoms with E-state index in [-0.39, 0.29) is 52.4 Å². The van der Waals surface area contributed by atoms with Crippen LogP contribution in [0.5, 0.6) is 5.75 Å². The van der Waals surface area contributed by atoms with Gasteiger partial charge >= 0.3 is 18.4 Å². The maximum Gasteiger partial charge on any atom is 0.436 e. The van der Waals surface area contributed by atoms with Crippen molar-refractivity contribution in [1.29, 1.82) is 0 Å². The number of ether oxygens (including phenoxy) is 2. The summed E-state index contributed by atoms with van der Waals surface area (Å²) in [6.45, 7) is 19.1. The maximum absolute atomic E-state index is 14.7. The number of carbonyl (C=O) groups is 1. The van der Waals surface area contributed by atoms with Crippen molar-refractivity contribution in [2.75, 3.05) is 6.61 Å². The number of hydrogen-bond acceptors (Lipinski definition) is 7. The van der Waals surface area contributed by atoms with E-state index in [0.717, 1.165) is 6.07 Å². The van der Waals surface area contributed by atoms with Gasteiger partial charge in [-0.25, -0.2) is 14.8 Å². The van der Waals surface area contributed by atoms with Gasteiger partial charge in [0.15, 0.2) is 14.0 Å². The first kappa shape index (κ1) is 38.7. The van der Waals surface area contributed by atoms with Gasteiger partial charge in [0.25, 0.3) is 0 Å². The Hall–Kier alpha value is -3.53. The van der Waals surface area contributed by atoms with Crippen molar-refractivity contribution < 1.29 is 49.5 Å². The van der Waals surface area contributed by atoms with Crippen molar-refractivity contribution in [1.82, 2.24) is 19.4 Å². The molecule has 0 N–H and O–H groups in total. The Kier molecular flexibility index (Phi) is 9.75. The topological polar surface area (TPSA) is 91.9 Å². The first-order chi connectivity index (χ1) is 23.2. The van der Waals surface area contributed by atoms with Crippen LogP contribution in [-0.2, 0) is 21.5 Å². The van der Waals surface area contributed by atoms with Crippen LogP contribution in [0, 0.1) is 0 Å². The molecule has 1 fully saturated rings. The third-order valence-electron chi connectivity index (χ3n) is 9.83. The number of alkyl halides is 6. The lowest BCUT2D eigenvalue weighted by molar-refractivity contribution is -0.141. The van der Waals surface area contributed by atoms with Crippen LogP contribution in [0.25, 0.3) is 16.6 Å². The van der Waals surface area contributed by atoms with E-state index in [1.165, 1.54) is 23.4 Å². The monoisotopic (exact) mass is 744 g/mol. The minimum atomic E-state index is -4.75. The number of carbonyl (C=O) groups excluding carboxylic acids is 1. The van der Waals surface area contributed by atoms with Gasteiger partial charge < -0.3 is 22.9 Å². The molecule has 0 radical (unpaired) electrons. The molecule has 282 valence electrons. The lowest BCUT2D eigenvalue weighted by Crippen LogP contribution is -2.54. The molecule has 0 spiro atoms. The molecular weight excluding hydrogens is 698 g/mol. The Labute approximate surface area is 294 Å². The standard InChI is InChI=1S/C35H46F6N4O5Si/c1-20-11-21(29-43-27(18-48-29)35(39,40)41)12-22(45(20)30(46)49-31(2,3)4)17-47-24-13-25(34(36,37)38)28-26(14-24)42-19-44(28)23-15-33(8,16-23)50-51(9,10)32(5,6)7/h11,13-14,18-20,22-23H,12,15-17H2,1-10H3/t20-,22-,23?,33?/m0/s1. The molecule has 1 aliphatic carbocycles. The van der Waals surface area contributed by atoms with Crippen LogP contribution in [0.1, 0.15) is 97.8 Å². The van der Waals surface area contributed by atoms with Gasteiger partial charge in [-0.05, 0) is 71.7 Å². The van der Waals surface area contributed by atoms with E-state index >= 15 is 0 Å². The van der Waals surface area contributed by atoms with Gasteiger partial charge in [-0.15, -0.1) is 0 Å². The average Bonchev–Trinajstić information content (AvgIpc) is 3.60. The number of hydrogen-bond donors (Lipinski definition) is 0. The van der Waals surface area contributed by atoms with Crippen molar-refractivity contribution in [3.63, 3.8) is 0 Å². The molecule has 0 saturated heterocycles. The van der Waals surface area contributed by atoms with Crippen LogP contribution < -0.4 is 4.74 Å². The summed E-state index contributed by atoms with van der Waals surface area (Å²) in [6.07, 6.45) is -5.75. The molecule has 5 rings (SSSR count). The van der Waals surface area contributed by atoms with E-state index in [1.54, 1.807) is 32.3 Å². The highest BCUT2D eigenvalue weighted by Gasteiger charge is 2.50. The average molecular weight is 745 g/mol. The quantitative estimate of drug-likeness (QED) is 0.176. The molecule has 1 aliphatic heterocycles. The highest BCUT2D eigenvalue weighted by molar-refractivity contribution is 6.74. The Balaban J connectivity index is 1.41. The third-order valence-corrected chi connectivity index (χ3v) is 14.4. The zero-order chi connectivity index (χ0) is 38.1. The molecule has 3 heterocycles. The summed E-state index contributed by atoms with van der Waals surface area (Å²) in [7, 11) is -2.12. The SMILES string of the molecule is C[C@H]1C=C(c2nc(C(F)(F)F)co2)C[C@@H](COc2cc(C(F)(F)F)c3c(c2)ncn3C2CC(C)(O[Si](C)(C)C(C)(C)C)C2)N1C(=O)OC(C)(C)C. The first-order valence-electron chi connectivity index (χ1n) is 16.8. The van der Waals surface area contributed by atoms with Gasteiger partial charge in [0.1, 0.15) is 24.2 Å². The fourth-order valence-corrected chi connectivity index (χ4v) is 8.21. The molecule has 1 amide bonds. The number of rotatable bonds is 7. The number of benzene rings is 1. The predicted molar refractivity (Wildman–Crippen MR) is 181 cm³/mol. The van der Waals surface area contributed by atoms with Gasteiger partial charge in [0, 0.05) is 24.1 Å². The highest BCUT2D eigenvalue weighted by atomic mass is 28.4. The minimum absolute atomic E-state index is 0.0214. The van der Waals surface area contributed by atoms with E-state index in [1.807, 2.05) is 6.92 Å². The Bertz CT molecular complexity index is 1790. The molecule has 0 unspecified atom stereocenters. The second-order valence-electron chi connectivity index (χ2n) is 16.4. The van der Waals surface area contributed by atoms with E-state index in [4.69, 9.17) is 18.3 Å². The smallest absolute Gasteiger partial charge is 0.436 e. The van der Waals surface area contributed by atoms with Crippen molar-refractivity contribution in [2.45, 2.75) is 134 Å². The number of oxazole rings is 1. The van der Waals surface area contributed by atoms with Crippen molar-refractivity contribution >= 4 is 31.0 Å². The van der Waals surface area contributed by atoms with Crippen LogP contribution in [0.2, 0.25) is 18.1 Å². The zero-order valence-electron chi connectivity index (χ0n) is 30.5. The van der Waals surface area contributed by atoms with Crippen LogP contribution in [-0.4, -0.2) is 63.7 Å². The van der Waals surface area contributed by atoms with Gasteiger partial charge in [0.2, 0.25) is 5.89 Å². The summed E-state index contributed by atoms with van der Waals surface area (Å²) < 4.78 is 109. The van der Waals surface area contributed by atoms with Gasteiger partial charge in [-0.1, -0.05) is 26.8 Å². The number of imidazole rings is 1. The van der Waals surface area contributed by atoms with Crippen LogP contribution in [0.3, 0.4) is 0 Å². The van der Waals surface area contributed by atoms with Crippen molar-refractivity contribution in [2.24, 2.45) is 0 Å². The zero-order valence-corrected chi connectivity index (χ0v) is 31.5. The molecule has 1 aromatic carbocycles. The summed E-state index contributed by atoms with van der Waals surface area (Å²) in [4.78, 5) is 22.6. The van der Waals surface area contributed by atoms with Gasteiger partial charge in [0.05, 0.1) is 40.6 Å². The predicted octanol–water partition coefficient (Wildman–Crippen LogP) is 10.0. The summed E-state index contributed by atoms with van der Waals surface area (Å²) in [5.74, 6) is -0.417. The van der Waals surface area contributed by atoms with E-state index in [9.17, 15) is 31.1 Å². The van der Waals surface area contributed by atoms with Crippen LogP contribution in [0.4, 0.5) is 31.1 Å². The Morgan fingerprint density at radius 3 is 2.24 bits per heavy atom. The summed E-state index contributed by atoms with van der Waals surface area (Å²) in [6, 6.07) is 0.496. The molecule has 2 atom stereocenters. The van der Waals surface area contributed by atoms with Gasteiger partial charge in [-0.2, -0.15) is 26.3 Å². The van der Waals surface area contributed by atoms with E-state index in [0.29, 0.717) is 19.1 Å². The number of amides is 1. The molecule has 2 aliphatic rings. The molecule has 2 aromatic heterocycles. The largest absolute Gasteiger partial charge is 0.491 e. The van der Waals surface area contributed by atoms with Crippen LogP contribution in [0.15, 0.2) is 35.2 Å². The maximum atomic E-state index is 14.7. The number of nitrogens with zero attached hydrogens (tertiary/aromatic N) is 4. The number of halogens is 6. The minimum Gasteiger partial charge on any atom is -0.491 e. The van der Waals surface area contributed by atoms with E-state index in [2.05, 4.69) is 43.8 Å². The molecule has 3 aromatic rings. The molecule has 9 nitrogen and oxygen atoms in total. The molecular formula is C35H46F6N4O5Si. The second kappa shape index (κ2) is 12.8. The van der Waals surface area contributed by atoms with Gasteiger partial charge in [-0.3, -0.25) is 4.90 Å². The van der Waals surface area contributed by atoms with Crippen LogP contribution >= 0.6 is 0 Å². The summed E-state index contributed by atoms with van der Waals surface area (Å²) in [5.41, 5.74) is -3.18. The van der Waals surface area contributed by atoms with E-state index < -0.39 is 61.3 Å². The fraction of sp³-hybridized carbons (Fsp3) is 0.629. The van der Waals surface area contributed by atoms with Crippen molar-refractivity contribution in [3.8, 4) is 5.75 Å². The fourth-order valence-electron chi connectivity index (χ4n) is 6.50. The molecule has 0 bridgehead atoms. The Morgan fingerprint density at radius 2 is 1.69 bits per heavy atom. The first-order valence-corrected chi connectivity index (χ1v) is 19.7.